The summed E-state index contributed by atoms with van der Waals surface area (Å²) in [6.45, 7) is 2.49. The van der Waals surface area contributed by atoms with E-state index in [1.54, 1.807) is 12.5 Å². The lowest BCUT2D eigenvalue weighted by atomic mass is 10.2. The van der Waals surface area contributed by atoms with Crippen molar-refractivity contribution in [3.8, 4) is 16.3 Å². The molecule has 1 fully saturated rings. The Balaban J connectivity index is 1.38. The maximum absolute atomic E-state index is 12.5. The first-order valence-corrected chi connectivity index (χ1v) is 11.4. The molecule has 1 aliphatic rings. The van der Waals surface area contributed by atoms with Crippen LogP contribution in [0.25, 0.3) is 10.6 Å². The summed E-state index contributed by atoms with van der Waals surface area (Å²) in [4.78, 5) is 23.8. The molecule has 0 bridgehead atoms. The van der Waals surface area contributed by atoms with Gasteiger partial charge in [-0.1, -0.05) is 12.1 Å². The first kappa shape index (κ1) is 19.7. The Morgan fingerprint density at radius 1 is 1.24 bits per heavy atom. The quantitative estimate of drug-likeness (QED) is 0.648. The number of methoxy groups -OCH3 is 1. The number of hydrogen-bond acceptors (Lipinski definition) is 7. The third-order valence-corrected chi connectivity index (χ3v) is 6.49. The van der Waals surface area contributed by atoms with Crippen molar-refractivity contribution in [2.24, 2.45) is 0 Å². The third kappa shape index (κ3) is 4.89. The molecule has 1 amide bonds. The number of nitrogens with one attached hydrogen (secondary N) is 1. The van der Waals surface area contributed by atoms with E-state index in [1.807, 2.05) is 54.4 Å². The standard InChI is InChI=1S/C21H22N4O2S2/c1-27-17-4-2-3-15(11-17)12-23-20(26)18-14-29-21(24-18)16-5-6-19(22-13-16)25-7-9-28-10-8-25/h2-6,11,13-14H,7-10,12H2,1H3,(H,23,26). The van der Waals surface area contributed by atoms with E-state index in [4.69, 9.17) is 4.74 Å². The summed E-state index contributed by atoms with van der Waals surface area (Å²) in [5, 5.41) is 5.49. The summed E-state index contributed by atoms with van der Waals surface area (Å²) in [6.07, 6.45) is 1.84. The molecule has 1 aliphatic heterocycles. The van der Waals surface area contributed by atoms with Gasteiger partial charge in [0.1, 0.15) is 22.3 Å². The van der Waals surface area contributed by atoms with E-state index in [0.717, 1.165) is 52.3 Å². The van der Waals surface area contributed by atoms with Gasteiger partial charge in [-0.15, -0.1) is 11.3 Å². The van der Waals surface area contributed by atoms with Gasteiger partial charge in [0.15, 0.2) is 0 Å². The highest BCUT2D eigenvalue weighted by Crippen LogP contribution is 2.25. The highest BCUT2D eigenvalue weighted by atomic mass is 32.2. The molecule has 150 valence electrons. The molecule has 0 atom stereocenters. The van der Waals surface area contributed by atoms with Crippen molar-refractivity contribution >= 4 is 34.8 Å². The van der Waals surface area contributed by atoms with Gasteiger partial charge >= 0.3 is 0 Å². The van der Waals surface area contributed by atoms with Gasteiger partial charge in [-0.2, -0.15) is 11.8 Å². The second-order valence-electron chi connectivity index (χ2n) is 6.58. The maximum atomic E-state index is 12.5. The minimum atomic E-state index is -0.189. The van der Waals surface area contributed by atoms with E-state index in [0.29, 0.717) is 12.2 Å². The first-order valence-electron chi connectivity index (χ1n) is 9.39. The Labute approximate surface area is 178 Å². The second kappa shape index (κ2) is 9.28. The highest BCUT2D eigenvalue weighted by molar-refractivity contribution is 7.99. The topological polar surface area (TPSA) is 67.3 Å². The van der Waals surface area contributed by atoms with Crippen molar-refractivity contribution in [1.82, 2.24) is 15.3 Å². The van der Waals surface area contributed by atoms with Crippen LogP contribution in [0.4, 0.5) is 5.82 Å². The molecule has 1 saturated heterocycles. The summed E-state index contributed by atoms with van der Waals surface area (Å²) in [5.74, 6) is 3.87. The lowest BCUT2D eigenvalue weighted by molar-refractivity contribution is 0.0946. The van der Waals surface area contributed by atoms with Crippen LogP contribution >= 0.6 is 23.1 Å². The summed E-state index contributed by atoms with van der Waals surface area (Å²) < 4.78 is 5.21. The minimum absolute atomic E-state index is 0.189. The van der Waals surface area contributed by atoms with Crippen LogP contribution in [0.2, 0.25) is 0 Å². The van der Waals surface area contributed by atoms with Crippen molar-refractivity contribution in [3.63, 3.8) is 0 Å². The van der Waals surface area contributed by atoms with Gasteiger partial charge in [0, 0.05) is 48.3 Å². The van der Waals surface area contributed by atoms with E-state index >= 15 is 0 Å². The first-order chi connectivity index (χ1) is 14.2. The largest absolute Gasteiger partial charge is 0.497 e. The predicted molar refractivity (Wildman–Crippen MR) is 119 cm³/mol. The number of thioether (sulfide) groups is 1. The fraction of sp³-hybridized carbons (Fsp3) is 0.286. The van der Waals surface area contributed by atoms with E-state index in [2.05, 4.69) is 20.2 Å². The fourth-order valence-electron chi connectivity index (χ4n) is 3.06. The van der Waals surface area contributed by atoms with E-state index < -0.39 is 0 Å². The van der Waals surface area contributed by atoms with Crippen molar-refractivity contribution in [2.75, 3.05) is 36.6 Å². The zero-order valence-electron chi connectivity index (χ0n) is 16.1. The Bertz CT molecular complexity index is 969. The molecular weight excluding hydrogens is 404 g/mol. The van der Waals surface area contributed by atoms with Gasteiger partial charge in [-0.25, -0.2) is 9.97 Å². The van der Waals surface area contributed by atoms with Gasteiger partial charge in [0.05, 0.1) is 7.11 Å². The second-order valence-corrected chi connectivity index (χ2v) is 8.66. The predicted octanol–water partition coefficient (Wildman–Crippen LogP) is 3.70. The normalized spacial score (nSPS) is 13.9. The molecule has 0 unspecified atom stereocenters. The monoisotopic (exact) mass is 426 g/mol. The Morgan fingerprint density at radius 3 is 2.86 bits per heavy atom. The Hall–Kier alpha value is -2.58. The van der Waals surface area contributed by atoms with Gasteiger partial charge < -0.3 is 15.0 Å². The van der Waals surface area contributed by atoms with Crippen LogP contribution in [0.15, 0.2) is 48.0 Å². The number of rotatable bonds is 6. The third-order valence-electron chi connectivity index (χ3n) is 4.65. The maximum Gasteiger partial charge on any atom is 0.271 e. The molecule has 4 rings (SSSR count). The molecule has 3 aromatic rings. The fourth-order valence-corrected chi connectivity index (χ4v) is 4.75. The number of ether oxygens (including phenoxy) is 1. The van der Waals surface area contributed by atoms with E-state index in [-0.39, 0.29) is 5.91 Å². The van der Waals surface area contributed by atoms with Crippen molar-refractivity contribution in [1.29, 1.82) is 0 Å². The van der Waals surface area contributed by atoms with E-state index in [9.17, 15) is 4.79 Å². The summed E-state index contributed by atoms with van der Waals surface area (Å²) >= 11 is 3.43. The highest BCUT2D eigenvalue weighted by Gasteiger charge is 2.14. The number of aromatic nitrogens is 2. The molecule has 0 radical (unpaired) electrons. The summed E-state index contributed by atoms with van der Waals surface area (Å²) in [6, 6.07) is 11.7. The van der Waals surface area contributed by atoms with Crippen LogP contribution < -0.4 is 15.0 Å². The van der Waals surface area contributed by atoms with Crippen molar-refractivity contribution in [3.05, 3.63) is 59.2 Å². The van der Waals surface area contributed by atoms with Gasteiger partial charge in [0.2, 0.25) is 0 Å². The molecular formula is C21H22N4O2S2. The minimum Gasteiger partial charge on any atom is -0.497 e. The number of carbonyl (C=O) groups excluding carboxylic acids is 1. The average Bonchev–Trinajstić information content (AvgIpc) is 3.29. The zero-order valence-corrected chi connectivity index (χ0v) is 17.8. The molecule has 8 heteroatoms. The summed E-state index contributed by atoms with van der Waals surface area (Å²) in [7, 11) is 1.63. The van der Waals surface area contributed by atoms with Crippen LogP contribution in [0.1, 0.15) is 16.1 Å². The number of hydrogen-bond donors (Lipinski definition) is 1. The molecule has 1 aromatic carbocycles. The smallest absolute Gasteiger partial charge is 0.271 e. The molecule has 29 heavy (non-hydrogen) atoms. The number of nitrogens with zero attached hydrogens (tertiary/aromatic N) is 3. The van der Waals surface area contributed by atoms with Gasteiger partial charge in [-0.3, -0.25) is 4.79 Å². The molecule has 1 N–H and O–H groups in total. The van der Waals surface area contributed by atoms with Crippen LogP contribution in [-0.2, 0) is 6.54 Å². The number of carbonyl (C=O) groups is 1. The van der Waals surface area contributed by atoms with Crippen molar-refractivity contribution in [2.45, 2.75) is 6.54 Å². The number of pyridine rings is 1. The molecule has 2 aromatic heterocycles. The number of amides is 1. The molecule has 0 saturated carbocycles. The molecule has 0 spiro atoms. The zero-order chi connectivity index (χ0) is 20.1. The lowest BCUT2D eigenvalue weighted by Gasteiger charge is -2.27. The van der Waals surface area contributed by atoms with Crippen LogP contribution in [0, 0.1) is 0 Å². The van der Waals surface area contributed by atoms with Crippen LogP contribution in [0.5, 0.6) is 5.75 Å². The number of thiazole rings is 1. The Morgan fingerprint density at radius 2 is 2.10 bits per heavy atom. The number of benzene rings is 1. The van der Waals surface area contributed by atoms with Gasteiger partial charge in [0.25, 0.3) is 5.91 Å². The SMILES string of the molecule is COc1cccc(CNC(=O)c2csc(-c3ccc(N4CCSCC4)nc3)n2)c1. The summed E-state index contributed by atoms with van der Waals surface area (Å²) in [5.41, 5.74) is 2.33. The number of anilines is 1. The van der Waals surface area contributed by atoms with Crippen LogP contribution in [0.3, 0.4) is 0 Å². The average molecular weight is 427 g/mol. The molecule has 0 aliphatic carbocycles. The Kier molecular flexibility index (Phi) is 6.31. The van der Waals surface area contributed by atoms with E-state index in [1.165, 1.54) is 11.3 Å². The molecule has 6 nitrogen and oxygen atoms in total. The lowest BCUT2D eigenvalue weighted by Crippen LogP contribution is -2.32. The molecule has 3 heterocycles. The van der Waals surface area contributed by atoms with Gasteiger partial charge in [-0.05, 0) is 29.8 Å². The van der Waals surface area contributed by atoms with Crippen LogP contribution in [-0.4, -0.2) is 47.6 Å². The van der Waals surface area contributed by atoms with Crippen molar-refractivity contribution < 1.29 is 9.53 Å².